The van der Waals surface area contributed by atoms with Crippen molar-refractivity contribution < 1.29 is 6.85 Å². The summed E-state index contributed by atoms with van der Waals surface area (Å²) in [5, 5.41) is 0. The Morgan fingerprint density at radius 2 is 2.00 bits per heavy atom. The molecule has 1 nitrogen and oxygen atoms in total. The van der Waals surface area contributed by atoms with Gasteiger partial charge < -0.3 is 5.73 Å². The second-order valence-corrected chi connectivity index (χ2v) is 2.54. The quantitative estimate of drug-likeness (QED) is 0.625. The van der Waals surface area contributed by atoms with Crippen molar-refractivity contribution in [3.05, 3.63) is 35.8 Å². The number of rotatable bonds is 1. The summed E-state index contributed by atoms with van der Waals surface area (Å²) in [6.07, 6.45) is 0.702. The van der Waals surface area contributed by atoms with Gasteiger partial charge >= 0.3 is 0 Å². The fourth-order valence-corrected chi connectivity index (χ4v) is 0.992. The van der Waals surface area contributed by atoms with Crippen LogP contribution in [0.5, 0.6) is 0 Å². The maximum Gasteiger partial charge on any atom is 0.0626 e. The van der Waals surface area contributed by atoms with Crippen molar-refractivity contribution >= 4 is 0 Å². The zero-order chi connectivity index (χ0) is 11.3. The molecule has 2 rings (SSSR count). The summed E-state index contributed by atoms with van der Waals surface area (Å²) in [4.78, 5) is 0. The summed E-state index contributed by atoms with van der Waals surface area (Å²) in [5.74, 6) is -0.0706. The molecule has 0 spiro atoms. The third-order valence-corrected chi connectivity index (χ3v) is 1.73. The molecule has 2 atom stereocenters. The first kappa shape index (κ1) is 2.67. The maximum absolute atomic E-state index is 7.67. The summed E-state index contributed by atoms with van der Waals surface area (Å²) in [5.41, 5.74) is 6.01. The number of nitrogens with two attached hydrogens (primary N) is 1. The van der Waals surface area contributed by atoms with Crippen molar-refractivity contribution in [1.82, 2.24) is 0 Å². The van der Waals surface area contributed by atoms with E-state index in [0.717, 1.165) is 0 Å². The predicted molar refractivity (Wildman–Crippen MR) is 41.8 cm³/mol. The molecule has 2 N–H and O–H groups in total. The van der Waals surface area contributed by atoms with Gasteiger partial charge in [0.25, 0.3) is 0 Å². The summed E-state index contributed by atoms with van der Waals surface area (Å²) in [6, 6.07) is -1.18. The standard InChI is InChI=1S/C9H11N/c10-9-6-8(9)7-4-2-1-3-5-7/h1-5,8-9H,6,10H2/t8-,9+/m0/s1/i1D,2D,3D,4D,5D. The van der Waals surface area contributed by atoms with Gasteiger partial charge in [-0.2, -0.15) is 0 Å². The second-order valence-electron chi connectivity index (χ2n) is 2.54. The van der Waals surface area contributed by atoms with Crippen LogP contribution in [0, 0.1) is 0 Å². The van der Waals surface area contributed by atoms with Gasteiger partial charge in [-0.3, -0.25) is 0 Å². The zero-order valence-corrected chi connectivity index (χ0v) is 5.44. The Labute approximate surface area is 67.9 Å². The molecule has 0 unspecified atom stereocenters. The lowest BCUT2D eigenvalue weighted by Gasteiger charge is -1.94. The predicted octanol–water partition coefficient (Wildman–Crippen LogP) is 1.50. The van der Waals surface area contributed by atoms with Crippen molar-refractivity contribution in [2.45, 2.75) is 18.4 Å². The molecule has 1 heteroatoms. The van der Waals surface area contributed by atoms with Gasteiger partial charge in [-0.1, -0.05) is 30.2 Å². The average molecular weight is 138 g/mol. The molecule has 1 saturated carbocycles. The van der Waals surface area contributed by atoms with Crippen LogP contribution in [0.25, 0.3) is 0 Å². The van der Waals surface area contributed by atoms with Gasteiger partial charge in [0.05, 0.1) is 6.85 Å². The third-order valence-electron chi connectivity index (χ3n) is 1.73. The Morgan fingerprint density at radius 1 is 1.40 bits per heavy atom. The van der Waals surface area contributed by atoms with E-state index in [-0.39, 0.29) is 42.2 Å². The molecule has 0 heterocycles. The highest BCUT2D eigenvalue weighted by Crippen LogP contribution is 2.38. The molecule has 10 heavy (non-hydrogen) atoms. The van der Waals surface area contributed by atoms with E-state index in [1.165, 1.54) is 0 Å². The van der Waals surface area contributed by atoms with Gasteiger partial charge in [0.1, 0.15) is 0 Å². The second kappa shape index (κ2) is 2.10. The van der Waals surface area contributed by atoms with E-state index >= 15 is 0 Å². The Bertz CT molecular complexity index is 402. The van der Waals surface area contributed by atoms with Crippen molar-refractivity contribution in [2.24, 2.45) is 5.73 Å². The number of benzene rings is 1. The van der Waals surface area contributed by atoms with Gasteiger partial charge in [0.15, 0.2) is 0 Å². The first-order valence-electron chi connectivity index (χ1n) is 5.77. The fraction of sp³-hybridized carbons (Fsp3) is 0.333. The molecule has 0 bridgehead atoms. The first-order chi connectivity index (χ1) is 6.95. The Balaban J connectivity index is 2.64. The molecule has 1 aliphatic rings. The highest BCUT2D eigenvalue weighted by Gasteiger charge is 2.34. The molecule has 1 aromatic carbocycles. The van der Waals surface area contributed by atoms with Gasteiger partial charge in [-0.15, -0.1) is 0 Å². The minimum absolute atomic E-state index is 0.0615. The van der Waals surface area contributed by atoms with Crippen molar-refractivity contribution in [2.75, 3.05) is 0 Å². The SMILES string of the molecule is [2H]c1c([2H])c([2H])c([C@@H]2C[C@H]2N)c([2H])c1[2H]. The van der Waals surface area contributed by atoms with Crippen LogP contribution in [0.1, 0.15) is 24.8 Å². The third kappa shape index (κ3) is 0.929. The number of hydrogen-bond donors (Lipinski definition) is 1. The fourth-order valence-electron chi connectivity index (χ4n) is 0.992. The topological polar surface area (TPSA) is 26.0 Å². The minimum atomic E-state index is -0.344. The summed E-state index contributed by atoms with van der Waals surface area (Å²) in [7, 11) is 0. The van der Waals surface area contributed by atoms with E-state index < -0.39 is 0 Å². The van der Waals surface area contributed by atoms with Crippen LogP contribution in [-0.2, 0) is 0 Å². The molecule has 0 amide bonds. The van der Waals surface area contributed by atoms with Crippen LogP contribution < -0.4 is 5.73 Å². The average Bonchev–Trinajstić information content (AvgIpc) is 2.90. The Morgan fingerprint density at radius 3 is 2.50 bits per heavy atom. The molecule has 0 aromatic heterocycles. The van der Waals surface area contributed by atoms with E-state index in [0.29, 0.717) is 12.0 Å². The lowest BCUT2D eigenvalue weighted by Crippen LogP contribution is -2.00. The van der Waals surface area contributed by atoms with E-state index in [1.54, 1.807) is 0 Å². The maximum atomic E-state index is 7.67. The van der Waals surface area contributed by atoms with E-state index in [2.05, 4.69) is 0 Å². The van der Waals surface area contributed by atoms with Crippen molar-refractivity contribution in [1.29, 1.82) is 0 Å². The highest BCUT2D eigenvalue weighted by atomic mass is 14.7. The summed E-state index contributed by atoms with van der Waals surface area (Å²) >= 11 is 0. The molecular formula is C9H11N. The van der Waals surface area contributed by atoms with Gasteiger partial charge in [-0.05, 0) is 12.0 Å². The van der Waals surface area contributed by atoms with Gasteiger partial charge in [0.2, 0.25) is 0 Å². The normalized spacial score (nSPS) is 37.1. The van der Waals surface area contributed by atoms with Crippen LogP contribution in [0.3, 0.4) is 0 Å². The van der Waals surface area contributed by atoms with E-state index in [1.807, 2.05) is 0 Å². The van der Waals surface area contributed by atoms with E-state index in [9.17, 15) is 0 Å². The lowest BCUT2D eigenvalue weighted by atomic mass is 10.1. The molecule has 52 valence electrons. The smallest absolute Gasteiger partial charge is 0.0626 e. The summed E-state index contributed by atoms with van der Waals surface area (Å²) in [6.45, 7) is 0. The molecule has 1 aliphatic carbocycles. The van der Waals surface area contributed by atoms with Crippen LogP contribution in [0.15, 0.2) is 30.2 Å². The molecule has 1 fully saturated rings. The largest absolute Gasteiger partial charge is 0.327 e. The number of hydrogen-bond acceptors (Lipinski definition) is 1. The van der Waals surface area contributed by atoms with Crippen molar-refractivity contribution in [3.63, 3.8) is 0 Å². The van der Waals surface area contributed by atoms with Crippen LogP contribution in [0.4, 0.5) is 0 Å². The van der Waals surface area contributed by atoms with Crippen LogP contribution in [-0.4, -0.2) is 6.04 Å². The molecule has 0 aliphatic heterocycles. The first-order valence-corrected chi connectivity index (χ1v) is 3.27. The van der Waals surface area contributed by atoms with Crippen LogP contribution in [0.2, 0.25) is 0 Å². The van der Waals surface area contributed by atoms with Crippen LogP contribution >= 0.6 is 0 Å². The minimum Gasteiger partial charge on any atom is -0.327 e. The summed E-state index contributed by atoms with van der Waals surface area (Å²) < 4.78 is 37.7. The van der Waals surface area contributed by atoms with Crippen molar-refractivity contribution in [3.8, 4) is 0 Å². The monoisotopic (exact) mass is 138 g/mol. The van der Waals surface area contributed by atoms with E-state index in [4.69, 9.17) is 12.6 Å². The Hall–Kier alpha value is -0.820. The molecule has 0 saturated heterocycles. The highest BCUT2D eigenvalue weighted by molar-refractivity contribution is 5.26. The Kier molecular flexibility index (Phi) is 0.559. The van der Waals surface area contributed by atoms with Gasteiger partial charge in [-0.25, -0.2) is 0 Å². The lowest BCUT2D eigenvalue weighted by molar-refractivity contribution is 0.991. The molecule has 0 radical (unpaired) electrons. The zero-order valence-electron chi connectivity index (χ0n) is 10.4. The molecule has 1 aromatic rings. The molecular weight excluding hydrogens is 122 g/mol. The van der Waals surface area contributed by atoms with Gasteiger partial charge in [0, 0.05) is 12.0 Å².